The highest BCUT2D eigenvalue weighted by Crippen LogP contribution is 2.23. The summed E-state index contributed by atoms with van der Waals surface area (Å²) in [6, 6.07) is 3.79. The molecule has 0 aliphatic rings. The quantitative estimate of drug-likeness (QED) is 0.866. The number of carboxylic acid groups (broad SMARTS) is 1. The predicted octanol–water partition coefficient (Wildman–Crippen LogP) is 1.84. The Kier molecular flexibility index (Phi) is 4.67. The van der Waals surface area contributed by atoms with E-state index in [1.807, 2.05) is 6.92 Å². The molecule has 7 heteroatoms. The predicted molar refractivity (Wildman–Crippen MR) is 66.6 cm³/mol. The molecular weight excluding hydrogens is 310 g/mol. The van der Waals surface area contributed by atoms with Crippen LogP contribution >= 0.6 is 15.9 Å². The van der Waals surface area contributed by atoms with Crippen LogP contribution in [0.2, 0.25) is 0 Å². The first-order valence-corrected chi connectivity index (χ1v) is 7.18. The van der Waals surface area contributed by atoms with E-state index in [2.05, 4.69) is 20.7 Å². The molecule has 0 spiro atoms. The SMILES string of the molecule is CCCNS(=O)(=O)c1ccc(C(=O)O)cc1Br. The summed E-state index contributed by atoms with van der Waals surface area (Å²) in [5, 5.41) is 8.76. The Morgan fingerprint density at radius 3 is 2.59 bits per heavy atom. The van der Waals surface area contributed by atoms with Crippen molar-refractivity contribution in [2.24, 2.45) is 0 Å². The molecule has 0 aromatic heterocycles. The molecule has 1 aromatic rings. The minimum absolute atomic E-state index is 0.0336. The third-order valence-corrected chi connectivity index (χ3v) is 4.45. The highest BCUT2D eigenvalue weighted by atomic mass is 79.9. The van der Waals surface area contributed by atoms with Gasteiger partial charge in [-0.05, 0) is 40.5 Å². The normalized spacial score (nSPS) is 11.4. The molecule has 0 saturated heterocycles. The third-order valence-electron chi connectivity index (χ3n) is 2.01. The van der Waals surface area contributed by atoms with Crippen molar-refractivity contribution in [3.05, 3.63) is 28.2 Å². The lowest BCUT2D eigenvalue weighted by Gasteiger charge is -2.08. The van der Waals surface area contributed by atoms with Crippen molar-refractivity contribution >= 4 is 31.9 Å². The molecule has 0 heterocycles. The maximum absolute atomic E-state index is 11.8. The van der Waals surface area contributed by atoms with Gasteiger partial charge >= 0.3 is 5.97 Å². The number of carboxylic acids is 1. The molecule has 2 N–H and O–H groups in total. The summed E-state index contributed by atoms with van der Waals surface area (Å²) >= 11 is 3.06. The second-order valence-electron chi connectivity index (χ2n) is 3.35. The van der Waals surface area contributed by atoms with Crippen LogP contribution in [-0.2, 0) is 10.0 Å². The Hall–Kier alpha value is -0.920. The van der Waals surface area contributed by atoms with Gasteiger partial charge in [0, 0.05) is 11.0 Å². The van der Waals surface area contributed by atoms with E-state index in [0.29, 0.717) is 13.0 Å². The van der Waals surface area contributed by atoms with Crippen LogP contribution in [0, 0.1) is 0 Å². The Labute approximate surface area is 108 Å². The zero-order valence-corrected chi connectivity index (χ0v) is 11.5. The lowest BCUT2D eigenvalue weighted by molar-refractivity contribution is 0.0696. The lowest BCUT2D eigenvalue weighted by atomic mass is 10.2. The topological polar surface area (TPSA) is 83.5 Å². The number of sulfonamides is 1. The molecule has 5 nitrogen and oxygen atoms in total. The van der Waals surface area contributed by atoms with Crippen LogP contribution in [0.15, 0.2) is 27.6 Å². The summed E-state index contributed by atoms with van der Waals surface area (Å²) in [5.41, 5.74) is 0.0336. The Balaban J connectivity index is 3.12. The molecule has 0 unspecified atom stereocenters. The zero-order chi connectivity index (χ0) is 13.1. The van der Waals surface area contributed by atoms with Crippen molar-refractivity contribution in [1.29, 1.82) is 0 Å². The molecule has 0 radical (unpaired) electrons. The van der Waals surface area contributed by atoms with Gasteiger partial charge in [0.15, 0.2) is 0 Å². The molecule has 1 rings (SSSR count). The van der Waals surface area contributed by atoms with Crippen LogP contribution in [-0.4, -0.2) is 26.0 Å². The number of hydrogen-bond donors (Lipinski definition) is 2. The van der Waals surface area contributed by atoms with Crippen molar-refractivity contribution in [3.63, 3.8) is 0 Å². The van der Waals surface area contributed by atoms with Crippen LogP contribution in [0.5, 0.6) is 0 Å². The van der Waals surface area contributed by atoms with Gasteiger partial charge < -0.3 is 5.11 Å². The second kappa shape index (κ2) is 5.61. The number of benzene rings is 1. The van der Waals surface area contributed by atoms with E-state index in [-0.39, 0.29) is 14.9 Å². The highest BCUT2D eigenvalue weighted by Gasteiger charge is 2.18. The fraction of sp³-hybridized carbons (Fsp3) is 0.300. The van der Waals surface area contributed by atoms with Gasteiger partial charge in [-0.25, -0.2) is 17.9 Å². The molecule has 94 valence electrons. The fourth-order valence-electron chi connectivity index (χ4n) is 1.17. The maximum atomic E-state index is 11.8. The Morgan fingerprint density at radius 2 is 2.12 bits per heavy atom. The summed E-state index contributed by atoms with van der Waals surface area (Å²) in [5.74, 6) is -1.10. The van der Waals surface area contributed by atoms with Gasteiger partial charge in [0.05, 0.1) is 10.5 Å². The number of rotatable bonds is 5. The van der Waals surface area contributed by atoms with Gasteiger partial charge in [-0.2, -0.15) is 0 Å². The zero-order valence-electron chi connectivity index (χ0n) is 9.10. The highest BCUT2D eigenvalue weighted by molar-refractivity contribution is 9.10. The average Bonchev–Trinajstić information content (AvgIpc) is 2.25. The third kappa shape index (κ3) is 3.52. The molecule has 0 aliphatic carbocycles. The largest absolute Gasteiger partial charge is 0.478 e. The van der Waals surface area contributed by atoms with Crippen molar-refractivity contribution in [1.82, 2.24) is 4.72 Å². The maximum Gasteiger partial charge on any atom is 0.335 e. The summed E-state index contributed by atoms with van der Waals surface area (Å²) in [4.78, 5) is 10.7. The van der Waals surface area contributed by atoms with E-state index in [4.69, 9.17) is 5.11 Å². The minimum atomic E-state index is -3.59. The molecule has 0 saturated carbocycles. The van der Waals surface area contributed by atoms with Crippen molar-refractivity contribution in [2.75, 3.05) is 6.54 Å². The first-order chi connectivity index (χ1) is 7.88. The lowest BCUT2D eigenvalue weighted by Crippen LogP contribution is -2.24. The van der Waals surface area contributed by atoms with E-state index in [1.54, 1.807) is 0 Å². The van der Waals surface area contributed by atoms with Crippen LogP contribution in [0.25, 0.3) is 0 Å². The molecular formula is C10H12BrNO4S. The first kappa shape index (κ1) is 14.1. The minimum Gasteiger partial charge on any atom is -0.478 e. The van der Waals surface area contributed by atoms with Crippen LogP contribution < -0.4 is 4.72 Å². The molecule has 1 aromatic carbocycles. The summed E-state index contributed by atoms with van der Waals surface area (Å²) in [6.45, 7) is 2.19. The van der Waals surface area contributed by atoms with Gasteiger partial charge in [0.1, 0.15) is 0 Å². The average molecular weight is 322 g/mol. The molecule has 0 bridgehead atoms. The Bertz CT molecular complexity index is 527. The summed E-state index contributed by atoms with van der Waals surface area (Å²) in [6.07, 6.45) is 0.685. The number of hydrogen-bond acceptors (Lipinski definition) is 3. The smallest absolute Gasteiger partial charge is 0.335 e. The molecule has 0 atom stereocenters. The van der Waals surface area contributed by atoms with Crippen molar-refractivity contribution < 1.29 is 18.3 Å². The van der Waals surface area contributed by atoms with Gasteiger partial charge in [-0.15, -0.1) is 0 Å². The van der Waals surface area contributed by atoms with E-state index in [1.165, 1.54) is 18.2 Å². The monoisotopic (exact) mass is 321 g/mol. The van der Waals surface area contributed by atoms with Crippen LogP contribution in [0.4, 0.5) is 0 Å². The number of carbonyl (C=O) groups is 1. The standard InChI is InChI=1S/C10H12BrNO4S/c1-2-5-12-17(15,16)9-4-3-7(10(13)14)6-8(9)11/h3-4,6,12H,2,5H2,1H3,(H,13,14). The van der Waals surface area contributed by atoms with E-state index >= 15 is 0 Å². The number of aromatic carboxylic acids is 1. The molecule has 17 heavy (non-hydrogen) atoms. The fourth-order valence-corrected chi connectivity index (χ4v) is 3.38. The summed E-state index contributed by atoms with van der Waals surface area (Å²) in [7, 11) is -3.59. The van der Waals surface area contributed by atoms with Crippen LogP contribution in [0.3, 0.4) is 0 Å². The molecule has 0 fully saturated rings. The van der Waals surface area contributed by atoms with Crippen LogP contribution in [0.1, 0.15) is 23.7 Å². The molecule has 0 amide bonds. The Morgan fingerprint density at radius 1 is 1.47 bits per heavy atom. The number of nitrogens with one attached hydrogen (secondary N) is 1. The van der Waals surface area contributed by atoms with E-state index < -0.39 is 16.0 Å². The van der Waals surface area contributed by atoms with Crippen molar-refractivity contribution in [2.45, 2.75) is 18.2 Å². The van der Waals surface area contributed by atoms with Crippen molar-refractivity contribution in [3.8, 4) is 0 Å². The van der Waals surface area contributed by atoms with E-state index in [0.717, 1.165) is 0 Å². The van der Waals surface area contributed by atoms with Gasteiger partial charge in [-0.3, -0.25) is 0 Å². The van der Waals surface area contributed by atoms with Gasteiger partial charge in [0.25, 0.3) is 0 Å². The number of halogens is 1. The second-order valence-corrected chi connectivity index (χ2v) is 5.94. The van der Waals surface area contributed by atoms with Gasteiger partial charge in [0.2, 0.25) is 10.0 Å². The first-order valence-electron chi connectivity index (χ1n) is 4.91. The molecule has 0 aliphatic heterocycles. The van der Waals surface area contributed by atoms with E-state index in [9.17, 15) is 13.2 Å². The summed E-state index contributed by atoms with van der Waals surface area (Å²) < 4.78 is 26.3. The van der Waals surface area contributed by atoms with Gasteiger partial charge in [-0.1, -0.05) is 6.92 Å².